The molecule has 170 valence electrons. The number of amides is 2. The highest BCUT2D eigenvalue weighted by molar-refractivity contribution is 6.00. The van der Waals surface area contributed by atoms with Gasteiger partial charge in [0, 0.05) is 11.4 Å². The van der Waals surface area contributed by atoms with Gasteiger partial charge in [0.2, 0.25) is 5.91 Å². The van der Waals surface area contributed by atoms with Crippen LogP contribution in [0.1, 0.15) is 24.8 Å². The summed E-state index contributed by atoms with van der Waals surface area (Å²) in [6.45, 7) is -0.190. The van der Waals surface area contributed by atoms with Crippen LogP contribution in [-0.4, -0.2) is 25.5 Å². The lowest BCUT2D eigenvalue weighted by molar-refractivity contribution is -0.124. The molecule has 6 nitrogen and oxygen atoms in total. The van der Waals surface area contributed by atoms with E-state index in [9.17, 15) is 14.0 Å². The van der Waals surface area contributed by atoms with Crippen molar-refractivity contribution in [2.75, 3.05) is 24.4 Å². The molecule has 1 aliphatic carbocycles. The Balaban J connectivity index is 1.39. The van der Waals surface area contributed by atoms with E-state index >= 15 is 0 Å². The molecule has 2 amide bonds. The Bertz CT molecular complexity index is 1140. The summed E-state index contributed by atoms with van der Waals surface area (Å²) in [6, 6.07) is 20.1. The van der Waals surface area contributed by atoms with Gasteiger partial charge >= 0.3 is 0 Å². The van der Waals surface area contributed by atoms with Crippen molar-refractivity contribution in [3.05, 3.63) is 84.2 Å². The number of benzene rings is 3. The lowest BCUT2D eigenvalue weighted by Crippen LogP contribution is -2.46. The molecule has 2 N–H and O–H groups in total. The molecule has 3 aromatic carbocycles. The maximum atomic E-state index is 13.3. The van der Waals surface area contributed by atoms with Gasteiger partial charge < -0.3 is 20.1 Å². The molecule has 1 fully saturated rings. The molecular weight excluding hydrogens is 423 g/mol. The Labute approximate surface area is 191 Å². The highest BCUT2D eigenvalue weighted by Gasteiger charge is 2.45. The van der Waals surface area contributed by atoms with Gasteiger partial charge in [0.25, 0.3) is 5.91 Å². The summed E-state index contributed by atoms with van der Waals surface area (Å²) < 4.78 is 24.1. The van der Waals surface area contributed by atoms with Gasteiger partial charge in [-0.15, -0.1) is 0 Å². The van der Waals surface area contributed by atoms with Crippen LogP contribution in [0.4, 0.5) is 15.8 Å². The molecule has 0 saturated heterocycles. The largest absolute Gasteiger partial charge is 0.493 e. The molecule has 0 bridgehead atoms. The average molecular weight is 448 g/mol. The first-order valence-corrected chi connectivity index (χ1v) is 10.7. The van der Waals surface area contributed by atoms with Crippen molar-refractivity contribution in [1.29, 1.82) is 0 Å². The average Bonchev–Trinajstić information content (AvgIpc) is 2.78. The van der Waals surface area contributed by atoms with E-state index in [-0.39, 0.29) is 24.2 Å². The van der Waals surface area contributed by atoms with Gasteiger partial charge in [-0.2, -0.15) is 0 Å². The number of halogens is 1. The van der Waals surface area contributed by atoms with Crippen molar-refractivity contribution >= 4 is 23.2 Å². The minimum absolute atomic E-state index is 0.136. The third-order valence-electron chi connectivity index (χ3n) is 5.87. The molecule has 0 atom stereocenters. The SMILES string of the molecule is COc1ccccc1OCC(=O)Nc1cccc(NC(=O)C2(c3ccc(F)cc3)CCC2)c1. The fourth-order valence-corrected chi connectivity index (χ4v) is 3.95. The van der Waals surface area contributed by atoms with Gasteiger partial charge in [-0.1, -0.05) is 36.8 Å². The molecule has 0 spiro atoms. The number of anilines is 2. The third-order valence-corrected chi connectivity index (χ3v) is 5.87. The first kappa shape index (κ1) is 22.3. The summed E-state index contributed by atoms with van der Waals surface area (Å²) in [5.41, 5.74) is 1.25. The highest BCUT2D eigenvalue weighted by Crippen LogP contribution is 2.44. The van der Waals surface area contributed by atoms with Crippen molar-refractivity contribution in [2.24, 2.45) is 0 Å². The molecule has 0 radical (unpaired) electrons. The zero-order chi connectivity index (χ0) is 23.3. The van der Waals surface area contributed by atoms with Crippen LogP contribution in [0.5, 0.6) is 11.5 Å². The fourth-order valence-electron chi connectivity index (χ4n) is 3.95. The monoisotopic (exact) mass is 448 g/mol. The molecule has 0 unspecified atom stereocenters. The van der Waals surface area contributed by atoms with Crippen molar-refractivity contribution in [3.8, 4) is 11.5 Å². The first-order valence-electron chi connectivity index (χ1n) is 10.7. The standard InChI is InChI=1S/C26H25FN2O4/c1-32-22-8-2-3-9-23(22)33-17-24(30)28-20-6-4-7-21(16-20)29-25(31)26(14-5-15-26)18-10-12-19(27)13-11-18/h2-4,6-13,16H,5,14-15,17H2,1H3,(H,28,30)(H,29,31). The predicted octanol–water partition coefficient (Wildman–Crippen LogP) is 4.91. The summed E-state index contributed by atoms with van der Waals surface area (Å²) in [7, 11) is 1.53. The minimum atomic E-state index is -0.657. The molecule has 0 aromatic heterocycles. The molecule has 1 aliphatic rings. The summed E-state index contributed by atoms with van der Waals surface area (Å²) in [6.07, 6.45) is 2.36. The van der Waals surface area contributed by atoms with E-state index in [0.717, 1.165) is 12.0 Å². The highest BCUT2D eigenvalue weighted by atomic mass is 19.1. The molecule has 0 heterocycles. The van der Waals surface area contributed by atoms with E-state index in [4.69, 9.17) is 9.47 Å². The van der Waals surface area contributed by atoms with Crippen LogP contribution in [0.25, 0.3) is 0 Å². The van der Waals surface area contributed by atoms with Crippen LogP contribution in [0, 0.1) is 5.82 Å². The first-order chi connectivity index (χ1) is 16.0. The summed E-state index contributed by atoms with van der Waals surface area (Å²) in [4.78, 5) is 25.5. The van der Waals surface area contributed by atoms with Crippen molar-refractivity contribution in [1.82, 2.24) is 0 Å². The molecule has 0 aliphatic heterocycles. The zero-order valence-electron chi connectivity index (χ0n) is 18.3. The van der Waals surface area contributed by atoms with Gasteiger partial charge in [0.1, 0.15) is 5.82 Å². The number of rotatable bonds is 8. The number of hydrogen-bond acceptors (Lipinski definition) is 4. The predicted molar refractivity (Wildman–Crippen MR) is 124 cm³/mol. The zero-order valence-corrected chi connectivity index (χ0v) is 18.3. The third kappa shape index (κ3) is 4.98. The quantitative estimate of drug-likeness (QED) is 0.513. The van der Waals surface area contributed by atoms with Crippen LogP contribution in [0.15, 0.2) is 72.8 Å². The Hall–Kier alpha value is -3.87. The van der Waals surface area contributed by atoms with E-state index in [2.05, 4.69) is 10.6 Å². The van der Waals surface area contributed by atoms with Crippen molar-refractivity contribution < 1.29 is 23.5 Å². The van der Waals surface area contributed by atoms with Gasteiger partial charge in [-0.3, -0.25) is 9.59 Å². The van der Waals surface area contributed by atoms with E-state index in [0.29, 0.717) is 35.7 Å². The van der Waals surface area contributed by atoms with E-state index in [1.807, 2.05) is 6.07 Å². The number of carbonyl (C=O) groups is 2. The Kier molecular flexibility index (Phi) is 6.58. The van der Waals surface area contributed by atoms with E-state index in [1.165, 1.54) is 19.2 Å². The molecule has 33 heavy (non-hydrogen) atoms. The number of hydrogen-bond donors (Lipinski definition) is 2. The molecule has 7 heteroatoms. The normalized spacial score (nSPS) is 14.0. The summed E-state index contributed by atoms with van der Waals surface area (Å²) >= 11 is 0. The molecule has 4 rings (SSSR count). The number of nitrogens with one attached hydrogen (secondary N) is 2. The fraction of sp³-hybridized carbons (Fsp3) is 0.231. The second-order valence-electron chi connectivity index (χ2n) is 7.97. The van der Waals surface area contributed by atoms with Crippen LogP contribution < -0.4 is 20.1 Å². The maximum absolute atomic E-state index is 13.3. The molecular formula is C26H25FN2O4. The topological polar surface area (TPSA) is 76.7 Å². The van der Waals surface area contributed by atoms with E-state index < -0.39 is 5.41 Å². The minimum Gasteiger partial charge on any atom is -0.493 e. The van der Waals surface area contributed by atoms with Gasteiger partial charge in [-0.05, 0) is 60.9 Å². The van der Waals surface area contributed by atoms with Crippen LogP contribution >= 0.6 is 0 Å². The second-order valence-corrected chi connectivity index (χ2v) is 7.97. The molecule has 3 aromatic rings. The number of para-hydroxylation sites is 2. The maximum Gasteiger partial charge on any atom is 0.262 e. The van der Waals surface area contributed by atoms with Crippen molar-refractivity contribution in [3.63, 3.8) is 0 Å². The summed E-state index contributed by atoms with van der Waals surface area (Å²) in [5.74, 6) is 0.213. The van der Waals surface area contributed by atoms with Crippen LogP contribution in [-0.2, 0) is 15.0 Å². The van der Waals surface area contributed by atoms with Crippen molar-refractivity contribution in [2.45, 2.75) is 24.7 Å². The van der Waals surface area contributed by atoms with E-state index in [1.54, 1.807) is 54.6 Å². The number of methoxy groups -OCH3 is 1. The number of carbonyl (C=O) groups excluding carboxylic acids is 2. The summed E-state index contributed by atoms with van der Waals surface area (Å²) in [5, 5.41) is 5.72. The van der Waals surface area contributed by atoms with Crippen LogP contribution in [0.2, 0.25) is 0 Å². The van der Waals surface area contributed by atoms with Crippen LogP contribution in [0.3, 0.4) is 0 Å². The van der Waals surface area contributed by atoms with Gasteiger partial charge in [0.15, 0.2) is 18.1 Å². The Morgan fingerprint density at radius 1 is 0.909 bits per heavy atom. The lowest BCUT2D eigenvalue weighted by Gasteiger charge is -2.40. The lowest BCUT2D eigenvalue weighted by atomic mass is 9.64. The second kappa shape index (κ2) is 9.73. The Morgan fingerprint density at radius 2 is 1.58 bits per heavy atom. The Morgan fingerprint density at radius 3 is 2.21 bits per heavy atom. The molecule has 1 saturated carbocycles. The van der Waals surface area contributed by atoms with Gasteiger partial charge in [0.05, 0.1) is 12.5 Å². The van der Waals surface area contributed by atoms with Gasteiger partial charge in [-0.25, -0.2) is 4.39 Å². The number of ether oxygens (including phenoxy) is 2. The smallest absolute Gasteiger partial charge is 0.262 e.